The number of carbonyl (C=O) groups is 1. The number of imidazole rings is 1. The summed E-state index contributed by atoms with van der Waals surface area (Å²) in [7, 11) is 0. The maximum Gasteiger partial charge on any atom is 0.323 e. The van der Waals surface area contributed by atoms with Crippen molar-refractivity contribution < 1.29 is 9.53 Å². The summed E-state index contributed by atoms with van der Waals surface area (Å²) in [6.07, 6.45) is 9.05. The summed E-state index contributed by atoms with van der Waals surface area (Å²) in [5, 5.41) is 9.18. The molecule has 196 valence electrons. The van der Waals surface area contributed by atoms with Crippen molar-refractivity contribution in [2.75, 3.05) is 16.0 Å². The Balaban J connectivity index is 1.19. The predicted molar refractivity (Wildman–Crippen MR) is 156 cm³/mol. The lowest BCUT2D eigenvalue weighted by molar-refractivity contribution is 0.262. The zero-order chi connectivity index (χ0) is 27.1. The van der Waals surface area contributed by atoms with E-state index in [9.17, 15) is 4.79 Å². The molecule has 0 fully saturated rings. The fourth-order valence-electron chi connectivity index (χ4n) is 4.19. The molecular formula is C31H25N7O2. The molecule has 3 aromatic heterocycles. The van der Waals surface area contributed by atoms with Crippen LogP contribution in [0.15, 0.2) is 122 Å². The third-order valence-corrected chi connectivity index (χ3v) is 6.11. The summed E-state index contributed by atoms with van der Waals surface area (Å²) in [5.41, 5.74) is 4.55. The first-order chi connectivity index (χ1) is 19.7. The minimum Gasteiger partial charge on any atom is -0.455 e. The highest BCUT2D eigenvalue weighted by Gasteiger charge is 2.12. The smallest absolute Gasteiger partial charge is 0.323 e. The van der Waals surface area contributed by atoms with Crippen molar-refractivity contribution >= 4 is 28.9 Å². The number of carbonyl (C=O) groups excluding carboxylic acids is 1. The van der Waals surface area contributed by atoms with Crippen molar-refractivity contribution in [1.82, 2.24) is 19.4 Å². The molecule has 40 heavy (non-hydrogen) atoms. The second kappa shape index (κ2) is 11.4. The van der Waals surface area contributed by atoms with Crippen LogP contribution in [0.25, 0.3) is 16.9 Å². The molecule has 3 N–H and O–H groups in total. The van der Waals surface area contributed by atoms with Crippen LogP contribution in [-0.4, -0.2) is 25.4 Å². The van der Waals surface area contributed by atoms with E-state index in [0.29, 0.717) is 35.2 Å². The first-order valence-electron chi connectivity index (χ1n) is 12.7. The van der Waals surface area contributed by atoms with E-state index in [0.717, 1.165) is 22.5 Å². The third kappa shape index (κ3) is 5.73. The van der Waals surface area contributed by atoms with Gasteiger partial charge in [-0.2, -0.15) is 0 Å². The number of aromatic nitrogens is 4. The second-order valence-electron chi connectivity index (χ2n) is 8.91. The largest absolute Gasteiger partial charge is 0.455 e. The Labute approximate surface area is 230 Å². The highest BCUT2D eigenvalue weighted by Crippen LogP contribution is 2.30. The molecule has 0 spiro atoms. The SMILES string of the molecule is O=C(Nc1cccc(-c2cn3ccnc3c(NCc3ccncc3)n2)c1)Nc1ccccc1Oc1ccccc1. The van der Waals surface area contributed by atoms with Gasteiger partial charge in [0.25, 0.3) is 0 Å². The number of hydrogen-bond acceptors (Lipinski definition) is 6. The number of benzene rings is 3. The van der Waals surface area contributed by atoms with E-state index >= 15 is 0 Å². The third-order valence-electron chi connectivity index (χ3n) is 6.11. The fraction of sp³-hybridized carbons (Fsp3) is 0.0323. The van der Waals surface area contributed by atoms with Crippen LogP contribution in [0.3, 0.4) is 0 Å². The molecule has 0 saturated heterocycles. The van der Waals surface area contributed by atoms with Gasteiger partial charge in [0.15, 0.2) is 17.2 Å². The molecule has 9 nitrogen and oxygen atoms in total. The van der Waals surface area contributed by atoms with E-state index in [-0.39, 0.29) is 6.03 Å². The zero-order valence-corrected chi connectivity index (χ0v) is 21.4. The zero-order valence-electron chi connectivity index (χ0n) is 21.4. The number of hydrogen-bond donors (Lipinski definition) is 3. The first-order valence-corrected chi connectivity index (χ1v) is 12.7. The van der Waals surface area contributed by atoms with Crippen LogP contribution in [0.1, 0.15) is 5.56 Å². The quantitative estimate of drug-likeness (QED) is 0.200. The Hall–Kier alpha value is -5.70. The van der Waals surface area contributed by atoms with Gasteiger partial charge < -0.3 is 25.1 Å². The molecule has 2 amide bonds. The number of rotatable bonds is 8. The van der Waals surface area contributed by atoms with Gasteiger partial charge in [-0.25, -0.2) is 14.8 Å². The molecule has 0 unspecified atom stereocenters. The Morgan fingerprint density at radius 1 is 0.850 bits per heavy atom. The summed E-state index contributed by atoms with van der Waals surface area (Å²) < 4.78 is 7.88. The molecule has 3 aromatic carbocycles. The Kier molecular flexibility index (Phi) is 6.99. The minimum atomic E-state index is -0.390. The van der Waals surface area contributed by atoms with Gasteiger partial charge in [-0.3, -0.25) is 4.98 Å². The first kappa shape index (κ1) is 24.6. The van der Waals surface area contributed by atoms with E-state index < -0.39 is 0 Å². The summed E-state index contributed by atoms with van der Waals surface area (Å²) in [6.45, 7) is 0.582. The summed E-state index contributed by atoms with van der Waals surface area (Å²) in [4.78, 5) is 26.3. The molecule has 0 aliphatic rings. The number of nitrogens with zero attached hydrogens (tertiary/aromatic N) is 4. The lowest BCUT2D eigenvalue weighted by Crippen LogP contribution is -2.19. The van der Waals surface area contributed by atoms with Crippen molar-refractivity contribution in [2.45, 2.75) is 6.54 Å². The Bertz CT molecular complexity index is 1750. The highest BCUT2D eigenvalue weighted by molar-refractivity contribution is 6.01. The number of para-hydroxylation sites is 3. The number of anilines is 3. The fourth-order valence-corrected chi connectivity index (χ4v) is 4.19. The van der Waals surface area contributed by atoms with Crippen molar-refractivity contribution in [3.63, 3.8) is 0 Å². The standard InChI is InChI=1S/C31H25N7O2/c39-31(37-26-11-4-5-12-28(26)40-25-9-2-1-3-10-25)35-24-8-6-7-23(19-24)27-21-38-18-17-33-30(38)29(36-27)34-20-22-13-15-32-16-14-22/h1-19,21H,20H2,(H,34,36)(H2,35,37,39). The van der Waals surface area contributed by atoms with Gasteiger partial charge in [0.2, 0.25) is 0 Å². The molecule has 0 radical (unpaired) electrons. The van der Waals surface area contributed by atoms with Gasteiger partial charge in [-0.1, -0.05) is 42.5 Å². The normalized spacial score (nSPS) is 10.7. The van der Waals surface area contributed by atoms with Crippen LogP contribution in [0.5, 0.6) is 11.5 Å². The van der Waals surface area contributed by atoms with Crippen LogP contribution < -0.4 is 20.7 Å². The van der Waals surface area contributed by atoms with Crippen molar-refractivity contribution in [2.24, 2.45) is 0 Å². The summed E-state index contributed by atoms with van der Waals surface area (Å²) >= 11 is 0. The highest BCUT2D eigenvalue weighted by atomic mass is 16.5. The van der Waals surface area contributed by atoms with Gasteiger partial charge in [0.05, 0.1) is 11.4 Å². The molecule has 9 heteroatoms. The van der Waals surface area contributed by atoms with Crippen molar-refractivity contribution in [3.05, 3.63) is 128 Å². The van der Waals surface area contributed by atoms with Crippen LogP contribution in [-0.2, 0) is 6.54 Å². The topological polar surface area (TPSA) is 105 Å². The summed E-state index contributed by atoms with van der Waals surface area (Å²) in [5.74, 6) is 1.88. The van der Waals surface area contributed by atoms with E-state index in [1.165, 1.54) is 0 Å². The number of fused-ring (bicyclic) bond motifs is 1. The minimum absolute atomic E-state index is 0.390. The molecule has 3 heterocycles. The molecule has 0 atom stereocenters. The molecule has 6 rings (SSSR count). The Morgan fingerprint density at radius 2 is 1.68 bits per heavy atom. The van der Waals surface area contributed by atoms with Gasteiger partial charge in [-0.05, 0) is 54.1 Å². The van der Waals surface area contributed by atoms with E-state index in [1.54, 1.807) is 24.7 Å². The molecule has 0 bridgehead atoms. The van der Waals surface area contributed by atoms with Gasteiger partial charge in [0, 0.05) is 48.8 Å². The van der Waals surface area contributed by atoms with Gasteiger partial charge in [-0.15, -0.1) is 0 Å². The number of urea groups is 1. The predicted octanol–water partition coefficient (Wildman–Crippen LogP) is 6.84. The molecule has 0 aliphatic carbocycles. The number of nitrogens with one attached hydrogen (secondary N) is 3. The van der Waals surface area contributed by atoms with Crippen LogP contribution in [0.4, 0.5) is 22.0 Å². The Morgan fingerprint density at radius 3 is 2.55 bits per heavy atom. The molecule has 6 aromatic rings. The molecular weight excluding hydrogens is 502 g/mol. The average Bonchev–Trinajstić information content (AvgIpc) is 3.47. The monoisotopic (exact) mass is 527 g/mol. The number of pyridine rings is 1. The summed E-state index contributed by atoms with van der Waals surface area (Å²) in [6, 6.07) is 27.8. The molecule has 0 aliphatic heterocycles. The van der Waals surface area contributed by atoms with E-state index in [2.05, 4.69) is 25.9 Å². The number of amides is 2. The van der Waals surface area contributed by atoms with Crippen LogP contribution in [0.2, 0.25) is 0 Å². The lowest BCUT2D eigenvalue weighted by Gasteiger charge is -2.13. The van der Waals surface area contributed by atoms with Gasteiger partial charge >= 0.3 is 6.03 Å². The van der Waals surface area contributed by atoms with E-state index in [1.807, 2.05) is 102 Å². The van der Waals surface area contributed by atoms with Crippen molar-refractivity contribution in [1.29, 1.82) is 0 Å². The average molecular weight is 528 g/mol. The maximum absolute atomic E-state index is 12.9. The van der Waals surface area contributed by atoms with E-state index in [4.69, 9.17) is 9.72 Å². The van der Waals surface area contributed by atoms with Crippen LogP contribution in [0, 0.1) is 0 Å². The van der Waals surface area contributed by atoms with Gasteiger partial charge in [0.1, 0.15) is 5.75 Å². The van der Waals surface area contributed by atoms with Crippen LogP contribution >= 0.6 is 0 Å². The number of ether oxygens (including phenoxy) is 1. The van der Waals surface area contributed by atoms with Crippen molar-refractivity contribution in [3.8, 4) is 22.8 Å². The second-order valence-corrected chi connectivity index (χ2v) is 8.91. The lowest BCUT2D eigenvalue weighted by atomic mass is 10.1. The molecule has 0 saturated carbocycles. The maximum atomic E-state index is 12.9.